The number of nitrogens with zero attached hydrogens (tertiary/aromatic N) is 2. The van der Waals surface area contributed by atoms with Crippen molar-refractivity contribution in [2.24, 2.45) is 5.92 Å². The monoisotopic (exact) mass is 407 g/mol. The summed E-state index contributed by atoms with van der Waals surface area (Å²) in [6.07, 6.45) is 6.70. The van der Waals surface area contributed by atoms with Crippen molar-refractivity contribution in [3.8, 4) is 0 Å². The normalized spacial score (nSPS) is 20.0. The van der Waals surface area contributed by atoms with Crippen LogP contribution in [0.15, 0.2) is 22.7 Å². The van der Waals surface area contributed by atoms with Crippen molar-refractivity contribution in [1.82, 2.24) is 10.3 Å². The first-order valence-corrected chi connectivity index (χ1v) is 10.4. The zero-order valence-corrected chi connectivity index (χ0v) is 16.0. The zero-order chi connectivity index (χ0) is 16.5. The van der Waals surface area contributed by atoms with E-state index in [0.717, 1.165) is 53.9 Å². The Morgan fingerprint density at radius 2 is 1.96 bits per heavy atom. The molecule has 0 unspecified atom stereocenters. The highest BCUT2D eigenvalue weighted by Gasteiger charge is 2.28. The van der Waals surface area contributed by atoms with Crippen LogP contribution in [0.1, 0.15) is 38.5 Å². The van der Waals surface area contributed by atoms with Crippen LogP contribution in [0.4, 0.5) is 5.13 Å². The number of aromatic nitrogens is 1. The van der Waals surface area contributed by atoms with Crippen molar-refractivity contribution < 1.29 is 4.79 Å². The fourth-order valence-electron chi connectivity index (χ4n) is 3.74. The number of amides is 1. The molecule has 1 N–H and O–H groups in total. The van der Waals surface area contributed by atoms with E-state index in [1.54, 1.807) is 11.3 Å². The van der Waals surface area contributed by atoms with Gasteiger partial charge in [0.15, 0.2) is 5.13 Å². The number of rotatable bonds is 3. The second-order valence-corrected chi connectivity index (χ2v) is 8.78. The third kappa shape index (κ3) is 3.45. The average molecular weight is 408 g/mol. The van der Waals surface area contributed by atoms with Crippen LogP contribution in [-0.2, 0) is 4.79 Å². The number of hydrogen-bond acceptors (Lipinski definition) is 4. The Hall–Kier alpha value is -1.14. The van der Waals surface area contributed by atoms with Crippen LogP contribution in [0.25, 0.3) is 10.2 Å². The van der Waals surface area contributed by atoms with E-state index in [1.807, 2.05) is 6.07 Å². The maximum atomic E-state index is 12.4. The summed E-state index contributed by atoms with van der Waals surface area (Å²) in [5, 5.41) is 4.34. The smallest absolute Gasteiger partial charge is 0.223 e. The molecule has 0 radical (unpaired) electrons. The number of hydrogen-bond donors (Lipinski definition) is 1. The molecular weight excluding hydrogens is 386 g/mol. The second kappa shape index (κ2) is 7.00. The summed E-state index contributed by atoms with van der Waals surface area (Å²) < 4.78 is 2.30. The summed E-state index contributed by atoms with van der Waals surface area (Å²) in [6.45, 7) is 1.84. The summed E-state index contributed by atoms with van der Waals surface area (Å²) in [4.78, 5) is 19.5. The lowest BCUT2D eigenvalue weighted by atomic mass is 9.96. The molecule has 2 aliphatic rings. The molecule has 6 heteroatoms. The standard InChI is InChI=1S/C18H22BrN3OS/c19-13-5-6-15-16(11-13)24-18(21-15)22-9-7-12(8-10-22)17(23)20-14-3-1-2-4-14/h5-6,11-12,14H,1-4,7-10H2,(H,20,23). The largest absolute Gasteiger partial charge is 0.353 e. The van der Waals surface area contributed by atoms with E-state index in [-0.39, 0.29) is 11.8 Å². The minimum Gasteiger partial charge on any atom is -0.353 e. The minimum absolute atomic E-state index is 0.172. The Balaban J connectivity index is 1.37. The van der Waals surface area contributed by atoms with Gasteiger partial charge in [-0.15, -0.1) is 0 Å². The van der Waals surface area contributed by atoms with Crippen LogP contribution in [0.5, 0.6) is 0 Å². The van der Waals surface area contributed by atoms with Crippen molar-refractivity contribution in [2.75, 3.05) is 18.0 Å². The Morgan fingerprint density at radius 1 is 1.21 bits per heavy atom. The van der Waals surface area contributed by atoms with E-state index >= 15 is 0 Å². The van der Waals surface area contributed by atoms with Crippen LogP contribution in [-0.4, -0.2) is 30.0 Å². The molecule has 128 valence electrons. The molecule has 1 amide bonds. The highest BCUT2D eigenvalue weighted by atomic mass is 79.9. The van der Waals surface area contributed by atoms with Gasteiger partial charge in [-0.25, -0.2) is 4.98 Å². The van der Waals surface area contributed by atoms with Crippen molar-refractivity contribution in [2.45, 2.75) is 44.6 Å². The molecule has 2 aromatic rings. The van der Waals surface area contributed by atoms with Gasteiger partial charge in [-0.05, 0) is 43.9 Å². The quantitative estimate of drug-likeness (QED) is 0.822. The Bertz CT molecular complexity index is 733. The second-order valence-electron chi connectivity index (χ2n) is 6.86. The minimum atomic E-state index is 0.172. The highest BCUT2D eigenvalue weighted by molar-refractivity contribution is 9.10. The third-order valence-corrected chi connectivity index (χ3v) is 6.75. The number of carbonyl (C=O) groups excluding carboxylic acids is 1. The molecule has 1 saturated heterocycles. The maximum absolute atomic E-state index is 12.4. The Kier molecular flexibility index (Phi) is 4.77. The zero-order valence-electron chi connectivity index (χ0n) is 13.6. The van der Waals surface area contributed by atoms with Gasteiger partial charge in [-0.3, -0.25) is 4.79 Å². The molecule has 1 aromatic carbocycles. The van der Waals surface area contributed by atoms with E-state index in [1.165, 1.54) is 17.5 Å². The molecule has 1 aliphatic heterocycles. The van der Waals surface area contributed by atoms with Gasteiger partial charge in [0.2, 0.25) is 5.91 Å². The predicted octanol–water partition coefficient (Wildman–Crippen LogP) is 4.33. The molecule has 24 heavy (non-hydrogen) atoms. The number of carbonyl (C=O) groups is 1. The van der Waals surface area contributed by atoms with Gasteiger partial charge in [0.05, 0.1) is 10.2 Å². The number of anilines is 1. The topological polar surface area (TPSA) is 45.2 Å². The lowest BCUT2D eigenvalue weighted by Crippen LogP contribution is -2.43. The third-order valence-electron chi connectivity index (χ3n) is 5.18. The van der Waals surface area contributed by atoms with Gasteiger partial charge in [-0.1, -0.05) is 40.1 Å². The average Bonchev–Trinajstić information content (AvgIpc) is 3.24. The van der Waals surface area contributed by atoms with Gasteiger partial charge in [0.1, 0.15) is 0 Å². The fourth-order valence-corrected chi connectivity index (χ4v) is 5.31. The molecule has 1 aromatic heterocycles. The molecule has 2 fully saturated rings. The Labute approximate surface area is 154 Å². The number of benzene rings is 1. The SMILES string of the molecule is O=C(NC1CCCC1)C1CCN(c2nc3ccc(Br)cc3s2)CC1. The van der Waals surface area contributed by atoms with E-state index in [2.05, 4.69) is 38.3 Å². The van der Waals surface area contributed by atoms with Gasteiger partial charge in [0, 0.05) is 29.5 Å². The first kappa shape index (κ1) is 16.3. The first-order chi connectivity index (χ1) is 11.7. The van der Waals surface area contributed by atoms with E-state index < -0.39 is 0 Å². The van der Waals surface area contributed by atoms with E-state index in [4.69, 9.17) is 4.98 Å². The molecular formula is C18H22BrN3OS. The van der Waals surface area contributed by atoms with Gasteiger partial charge < -0.3 is 10.2 Å². The van der Waals surface area contributed by atoms with Crippen molar-refractivity contribution in [1.29, 1.82) is 0 Å². The summed E-state index contributed by atoms with van der Waals surface area (Å²) in [5.74, 6) is 0.445. The molecule has 2 heterocycles. The molecule has 0 spiro atoms. The fraction of sp³-hybridized carbons (Fsp3) is 0.556. The van der Waals surface area contributed by atoms with Crippen LogP contribution in [0.3, 0.4) is 0 Å². The van der Waals surface area contributed by atoms with Crippen molar-refractivity contribution in [3.63, 3.8) is 0 Å². The summed E-state index contributed by atoms with van der Waals surface area (Å²) in [7, 11) is 0. The number of thiazole rings is 1. The van der Waals surface area contributed by atoms with Crippen LogP contribution >= 0.6 is 27.3 Å². The lowest BCUT2D eigenvalue weighted by Gasteiger charge is -2.31. The van der Waals surface area contributed by atoms with E-state index in [0.29, 0.717) is 6.04 Å². The number of piperidine rings is 1. The van der Waals surface area contributed by atoms with Gasteiger partial charge >= 0.3 is 0 Å². The summed E-state index contributed by atoms with van der Waals surface area (Å²) >= 11 is 5.26. The molecule has 1 aliphatic carbocycles. The van der Waals surface area contributed by atoms with E-state index in [9.17, 15) is 4.79 Å². The van der Waals surface area contributed by atoms with Gasteiger partial charge in [0.25, 0.3) is 0 Å². The van der Waals surface area contributed by atoms with Crippen molar-refractivity contribution in [3.05, 3.63) is 22.7 Å². The molecule has 4 rings (SSSR count). The van der Waals surface area contributed by atoms with Crippen LogP contribution < -0.4 is 10.2 Å². The molecule has 4 nitrogen and oxygen atoms in total. The highest BCUT2D eigenvalue weighted by Crippen LogP contribution is 2.33. The number of halogens is 1. The van der Waals surface area contributed by atoms with Crippen LogP contribution in [0, 0.1) is 5.92 Å². The van der Waals surface area contributed by atoms with Gasteiger partial charge in [-0.2, -0.15) is 0 Å². The molecule has 0 bridgehead atoms. The lowest BCUT2D eigenvalue weighted by molar-refractivity contribution is -0.126. The summed E-state index contributed by atoms with van der Waals surface area (Å²) in [6, 6.07) is 6.64. The van der Waals surface area contributed by atoms with Crippen molar-refractivity contribution >= 4 is 48.5 Å². The Morgan fingerprint density at radius 3 is 2.71 bits per heavy atom. The summed E-state index contributed by atoms with van der Waals surface area (Å²) in [5.41, 5.74) is 1.05. The number of fused-ring (bicyclic) bond motifs is 1. The maximum Gasteiger partial charge on any atom is 0.223 e. The van der Waals surface area contributed by atoms with Crippen LogP contribution in [0.2, 0.25) is 0 Å². The molecule has 1 saturated carbocycles. The molecule has 0 atom stereocenters. The number of nitrogens with one attached hydrogen (secondary N) is 1. The predicted molar refractivity (Wildman–Crippen MR) is 103 cm³/mol. The first-order valence-electron chi connectivity index (χ1n) is 8.80.